The van der Waals surface area contributed by atoms with Crippen molar-refractivity contribution in [2.24, 2.45) is 5.73 Å². The number of rotatable bonds is 13. The molecule has 0 saturated heterocycles. The molecule has 1 aromatic heterocycles. The fraction of sp³-hybridized carbons (Fsp3) is 0.588. The molecule has 1 heterocycles. The molecule has 13 heteroatoms. The largest absolute Gasteiger partial charge is 0.480 e. The molecule has 12 nitrogen and oxygen atoms in total. The molecule has 0 radical (unpaired) electrons. The number of nitrogens with zero attached hydrogens (tertiary/aromatic N) is 1. The summed E-state index contributed by atoms with van der Waals surface area (Å²) in [6.45, 7) is 0.797. The predicted molar refractivity (Wildman–Crippen MR) is 109 cm³/mol. The number of aliphatic hydroxyl groups excluding tert-OH is 1. The molecule has 1 rings (SSSR count). The normalized spacial score (nSPS) is 14.8. The summed E-state index contributed by atoms with van der Waals surface area (Å²) >= 11 is 1.45. The Bertz CT molecular complexity index is 716. The maximum absolute atomic E-state index is 12.7. The standard InChI is InChI=1S/C17H28N6O6S/c1-9(14(25)22-12(17(28)29)3-4-30-2)21-16(27)13(5-10-6-19-8-20-10)23-15(26)11(18)7-24/h6,8-9,11-13,24H,3-5,7,18H2,1-2H3,(H,19,20)(H,21,27)(H,22,25)(H,23,26)(H,28,29). The number of nitrogens with one attached hydrogen (secondary N) is 4. The van der Waals surface area contributed by atoms with Crippen LogP contribution in [-0.2, 0) is 25.6 Å². The summed E-state index contributed by atoms with van der Waals surface area (Å²) in [5.74, 6) is -2.71. The maximum Gasteiger partial charge on any atom is 0.326 e. The molecule has 0 aliphatic carbocycles. The number of nitrogens with two attached hydrogens (primary N) is 1. The first-order valence-electron chi connectivity index (χ1n) is 9.16. The number of carbonyl (C=O) groups is 4. The molecule has 1 aromatic rings. The molecule has 0 aliphatic heterocycles. The third kappa shape index (κ3) is 8.39. The van der Waals surface area contributed by atoms with Gasteiger partial charge in [0.1, 0.15) is 24.2 Å². The molecular weight excluding hydrogens is 416 g/mol. The van der Waals surface area contributed by atoms with E-state index in [9.17, 15) is 24.3 Å². The van der Waals surface area contributed by atoms with Crippen LogP contribution < -0.4 is 21.7 Å². The van der Waals surface area contributed by atoms with Gasteiger partial charge in [-0.15, -0.1) is 0 Å². The zero-order valence-corrected chi connectivity index (χ0v) is 17.6. The van der Waals surface area contributed by atoms with Crippen LogP contribution in [0.3, 0.4) is 0 Å². The highest BCUT2D eigenvalue weighted by molar-refractivity contribution is 7.98. The number of aliphatic hydroxyl groups is 1. The zero-order chi connectivity index (χ0) is 22.7. The second-order valence-electron chi connectivity index (χ2n) is 6.54. The van der Waals surface area contributed by atoms with Gasteiger partial charge in [0, 0.05) is 18.3 Å². The highest BCUT2D eigenvalue weighted by Gasteiger charge is 2.28. The molecule has 0 fully saturated rings. The van der Waals surface area contributed by atoms with Crippen molar-refractivity contribution >= 4 is 35.5 Å². The van der Waals surface area contributed by atoms with E-state index in [1.807, 2.05) is 6.26 Å². The van der Waals surface area contributed by atoms with Crippen LogP contribution in [0.5, 0.6) is 0 Å². The smallest absolute Gasteiger partial charge is 0.326 e. The summed E-state index contributed by atoms with van der Waals surface area (Å²) in [6, 6.07) is -4.44. The van der Waals surface area contributed by atoms with Crippen molar-refractivity contribution in [1.82, 2.24) is 25.9 Å². The molecule has 4 atom stereocenters. The van der Waals surface area contributed by atoms with Gasteiger partial charge in [-0.3, -0.25) is 14.4 Å². The predicted octanol–water partition coefficient (Wildman–Crippen LogP) is -2.42. The third-order valence-electron chi connectivity index (χ3n) is 4.12. The maximum atomic E-state index is 12.7. The highest BCUT2D eigenvalue weighted by atomic mass is 32.2. The fourth-order valence-corrected chi connectivity index (χ4v) is 2.83. The molecule has 4 unspecified atom stereocenters. The first-order valence-corrected chi connectivity index (χ1v) is 10.6. The van der Waals surface area contributed by atoms with Crippen LogP contribution in [0.25, 0.3) is 0 Å². The Labute approximate surface area is 177 Å². The number of thioether (sulfide) groups is 1. The average molecular weight is 445 g/mol. The van der Waals surface area contributed by atoms with Crippen molar-refractivity contribution in [3.05, 3.63) is 18.2 Å². The van der Waals surface area contributed by atoms with Gasteiger partial charge in [0.2, 0.25) is 17.7 Å². The lowest BCUT2D eigenvalue weighted by Gasteiger charge is -2.23. The molecule has 30 heavy (non-hydrogen) atoms. The molecule has 0 saturated carbocycles. The lowest BCUT2D eigenvalue weighted by molar-refractivity contribution is -0.142. The summed E-state index contributed by atoms with van der Waals surface area (Å²) in [6.07, 6.45) is 4.97. The number of carboxylic acid groups (broad SMARTS) is 1. The van der Waals surface area contributed by atoms with E-state index in [1.54, 1.807) is 0 Å². The SMILES string of the molecule is CSCCC(NC(=O)C(C)NC(=O)C(Cc1cnc[nH]1)NC(=O)C(N)CO)C(=O)O. The molecule has 0 spiro atoms. The van der Waals surface area contributed by atoms with Gasteiger partial charge in [0.25, 0.3) is 0 Å². The Hall–Kier alpha value is -2.64. The van der Waals surface area contributed by atoms with Crippen LogP contribution in [0.1, 0.15) is 19.0 Å². The van der Waals surface area contributed by atoms with Crippen LogP contribution in [0.4, 0.5) is 0 Å². The lowest BCUT2D eigenvalue weighted by Crippen LogP contribution is -2.57. The minimum atomic E-state index is -1.21. The molecular formula is C17H28N6O6S. The van der Waals surface area contributed by atoms with Crippen LogP contribution >= 0.6 is 11.8 Å². The fourth-order valence-electron chi connectivity index (χ4n) is 2.36. The van der Waals surface area contributed by atoms with Crippen molar-refractivity contribution in [3.63, 3.8) is 0 Å². The van der Waals surface area contributed by atoms with E-state index in [0.717, 1.165) is 0 Å². The number of imidazole rings is 1. The van der Waals surface area contributed by atoms with Crippen molar-refractivity contribution in [2.45, 2.75) is 43.9 Å². The Balaban J connectivity index is 2.78. The van der Waals surface area contributed by atoms with E-state index in [-0.39, 0.29) is 12.8 Å². The third-order valence-corrected chi connectivity index (χ3v) is 4.77. The van der Waals surface area contributed by atoms with Crippen molar-refractivity contribution < 1.29 is 29.4 Å². The Kier molecular flexibility index (Phi) is 10.9. The van der Waals surface area contributed by atoms with E-state index in [4.69, 9.17) is 10.8 Å². The molecule has 8 N–H and O–H groups in total. The Morgan fingerprint density at radius 2 is 1.83 bits per heavy atom. The second kappa shape index (κ2) is 12.8. The van der Waals surface area contributed by atoms with Gasteiger partial charge in [0.05, 0.1) is 12.9 Å². The molecule has 3 amide bonds. The van der Waals surface area contributed by atoms with Crippen molar-refractivity contribution in [2.75, 3.05) is 18.6 Å². The van der Waals surface area contributed by atoms with Gasteiger partial charge >= 0.3 is 5.97 Å². The minimum absolute atomic E-state index is 0.0372. The zero-order valence-electron chi connectivity index (χ0n) is 16.8. The number of carbonyl (C=O) groups excluding carboxylic acids is 3. The van der Waals surface area contributed by atoms with Gasteiger partial charge in [-0.1, -0.05) is 0 Å². The number of aromatic amines is 1. The van der Waals surface area contributed by atoms with E-state index < -0.39 is 54.5 Å². The summed E-state index contributed by atoms with van der Waals surface area (Å²) in [7, 11) is 0. The van der Waals surface area contributed by atoms with E-state index in [1.165, 1.54) is 31.2 Å². The number of hydrogen-bond donors (Lipinski definition) is 7. The minimum Gasteiger partial charge on any atom is -0.480 e. The Morgan fingerprint density at radius 3 is 2.37 bits per heavy atom. The summed E-state index contributed by atoms with van der Waals surface area (Å²) in [4.78, 5) is 54.9. The number of hydrogen-bond acceptors (Lipinski definition) is 8. The number of aromatic nitrogens is 2. The summed E-state index contributed by atoms with van der Waals surface area (Å²) in [5.41, 5.74) is 6.02. The number of aliphatic carboxylic acids is 1. The molecule has 168 valence electrons. The first kappa shape index (κ1) is 25.4. The van der Waals surface area contributed by atoms with Gasteiger partial charge in [-0.25, -0.2) is 9.78 Å². The summed E-state index contributed by atoms with van der Waals surface area (Å²) < 4.78 is 0. The van der Waals surface area contributed by atoms with E-state index >= 15 is 0 Å². The molecule has 0 bridgehead atoms. The van der Waals surface area contributed by atoms with Crippen LogP contribution in [-0.4, -0.2) is 86.7 Å². The van der Waals surface area contributed by atoms with Gasteiger partial charge in [0.15, 0.2) is 0 Å². The molecule has 0 aromatic carbocycles. The van der Waals surface area contributed by atoms with Gasteiger partial charge in [-0.2, -0.15) is 11.8 Å². The average Bonchev–Trinajstić information content (AvgIpc) is 3.22. The number of carboxylic acids is 1. The Morgan fingerprint density at radius 1 is 1.17 bits per heavy atom. The van der Waals surface area contributed by atoms with Gasteiger partial charge < -0.3 is 36.9 Å². The topological polar surface area (TPSA) is 200 Å². The monoisotopic (exact) mass is 444 g/mol. The second-order valence-corrected chi connectivity index (χ2v) is 7.53. The van der Waals surface area contributed by atoms with Crippen molar-refractivity contribution in [3.8, 4) is 0 Å². The van der Waals surface area contributed by atoms with Crippen LogP contribution in [0, 0.1) is 0 Å². The first-order chi connectivity index (χ1) is 14.2. The van der Waals surface area contributed by atoms with Crippen molar-refractivity contribution in [1.29, 1.82) is 0 Å². The van der Waals surface area contributed by atoms with Crippen LogP contribution in [0.2, 0.25) is 0 Å². The highest BCUT2D eigenvalue weighted by Crippen LogP contribution is 2.03. The van der Waals surface area contributed by atoms with E-state index in [2.05, 4.69) is 25.9 Å². The van der Waals surface area contributed by atoms with Gasteiger partial charge in [-0.05, 0) is 25.4 Å². The summed E-state index contributed by atoms with van der Waals surface area (Å²) in [5, 5.41) is 25.5. The number of H-pyrrole nitrogens is 1. The van der Waals surface area contributed by atoms with Crippen LogP contribution in [0.15, 0.2) is 12.5 Å². The number of amides is 3. The lowest BCUT2D eigenvalue weighted by atomic mass is 10.1. The van der Waals surface area contributed by atoms with E-state index in [0.29, 0.717) is 11.4 Å². The molecule has 0 aliphatic rings. The quantitative estimate of drug-likeness (QED) is 0.173.